The Morgan fingerprint density at radius 2 is 2.26 bits per heavy atom. The van der Waals surface area contributed by atoms with Gasteiger partial charge in [0.15, 0.2) is 5.58 Å². The average Bonchev–Trinajstić information content (AvgIpc) is 2.75. The lowest BCUT2D eigenvalue weighted by Crippen LogP contribution is -2.21. The van der Waals surface area contributed by atoms with E-state index in [1.807, 2.05) is 24.1 Å². The summed E-state index contributed by atoms with van der Waals surface area (Å²) < 4.78 is 9.53. The molecule has 0 atom stereocenters. The molecule has 1 aromatic heterocycles. The van der Waals surface area contributed by atoms with Gasteiger partial charge in [0, 0.05) is 13.1 Å². The number of rotatable bonds is 5. The van der Waals surface area contributed by atoms with E-state index in [2.05, 4.69) is 9.72 Å². The van der Waals surface area contributed by atoms with Gasteiger partial charge in [-0.2, -0.15) is 0 Å². The van der Waals surface area contributed by atoms with Gasteiger partial charge in [-0.3, -0.25) is 9.78 Å². The van der Waals surface area contributed by atoms with Crippen LogP contribution in [-0.4, -0.2) is 36.6 Å². The van der Waals surface area contributed by atoms with Gasteiger partial charge in [0.2, 0.25) is 0 Å². The van der Waals surface area contributed by atoms with E-state index in [0.717, 1.165) is 5.56 Å². The summed E-state index contributed by atoms with van der Waals surface area (Å²) in [6.07, 6.45) is 0.359. The fourth-order valence-electron chi connectivity index (χ4n) is 1.87. The van der Waals surface area contributed by atoms with E-state index >= 15 is 0 Å². The highest BCUT2D eigenvalue weighted by atomic mass is 16.5. The van der Waals surface area contributed by atoms with Crippen LogP contribution >= 0.6 is 0 Å². The second kappa shape index (κ2) is 5.71. The van der Waals surface area contributed by atoms with Crippen LogP contribution < -0.4 is 5.76 Å². The normalized spacial score (nSPS) is 11.1. The summed E-state index contributed by atoms with van der Waals surface area (Å²) in [7, 11) is 3.30. The number of nitrogens with zero attached hydrogens (tertiary/aromatic N) is 1. The zero-order valence-corrected chi connectivity index (χ0v) is 10.9. The molecule has 2 aromatic rings. The molecule has 0 aliphatic heterocycles. The van der Waals surface area contributed by atoms with Gasteiger partial charge in [-0.05, 0) is 24.7 Å². The van der Waals surface area contributed by atoms with E-state index in [1.165, 1.54) is 7.11 Å². The Morgan fingerprint density at radius 3 is 3.00 bits per heavy atom. The third-order valence-corrected chi connectivity index (χ3v) is 2.86. The molecule has 6 heteroatoms. The number of benzene rings is 1. The number of esters is 1. The third kappa shape index (κ3) is 3.45. The predicted octanol–water partition coefficient (Wildman–Crippen LogP) is 1.12. The quantitative estimate of drug-likeness (QED) is 0.819. The van der Waals surface area contributed by atoms with E-state index in [4.69, 9.17) is 4.42 Å². The Bertz CT molecular complexity index is 629. The number of aromatic nitrogens is 1. The van der Waals surface area contributed by atoms with Crippen LogP contribution in [0.4, 0.5) is 0 Å². The number of carbonyl (C=O) groups is 1. The first kappa shape index (κ1) is 13.4. The number of ether oxygens (including phenoxy) is 1. The maximum atomic E-state index is 11.0. The highest BCUT2D eigenvalue weighted by Gasteiger charge is 2.07. The number of carbonyl (C=O) groups excluding carboxylic acids is 1. The topological polar surface area (TPSA) is 75.5 Å². The molecule has 0 aliphatic carbocycles. The molecular formula is C13H16N2O4. The Balaban J connectivity index is 2.00. The molecule has 1 aromatic carbocycles. The molecule has 0 bridgehead atoms. The zero-order chi connectivity index (χ0) is 13.8. The molecule has 19 heavy (non-hydrogen) atoms. The number of methoxy groups -OCH3 is 1. The fraction of sp³-hybridized carbons (Fsp3) is 0.385. The van der Waals surface area contributed by atoms with E-state index < -0.39 is 5.76 Å². The Kier molecular flexibility index (Phi) is 4.01. The van der Waals surface area contributed by atoms with Gasteiger partial charge >= 0.3 is 11.7 Å². The van der Waals surface area contributed by atoms with Crippen molar-refractivity contribution >= 4 is 17.1 Å². The van der Waals surface area contributed by atoms with Crippen molar-refractivity contribution in [2.75, 3.05) is 20.7 Å². The molecule has 0 radical (unpaired) electrons. The van der Waals surface area contributed by atoms with E-state index in [1.54, 1.807) is 6.07 Å². The zero-order valence-electron chi connectivity index (χ0n) is 10.9. The molecule has 6 nitrogen and oxygen atoms in total. The molecule has 1 heterocycles. The minimum absolute atomic E-state index is 0.221. The Labute approximate surface area is 110 Å². The van der Waals surface area contributed by atoms with E-state index in [-0.39, 0.29) is 5.97 Å². The average molecular weight is 264 g/mol. The lowest BCUT2D eigenvalue weighted by atomic mass is 10.2. The standard InChI is InChI=1S/C13H16N2O4/c1-15(6-5-12(16)18-2)8-9-3-4-11-10(7-9)14-13(17)19-11/h3-4,7H,5-6,8H2,1-2H3,(H,14,17). The summed E-state index contributed by atoms with van der Waals surface area (Å²) in [5, 5.41) is 0. The second-order valence-electron chi connectivity index (χ2n) is 4.41. The van der Waals surface area contributed by atoms with Gasteiger partial charge in [0.25, 0.3) is 0 Å². The second-order valence-corrected chi connectivity index (χ2v) is 4.41. The summed E-state index contributed by atoms with van der Waals surface area (Å²) in [6.45, 7) is 1.30. The van der Waals surface area contributed by atoms with Crippen LogP contribution in [0, 0.1) is 0 Å². The third-order valence-electron chi connectivity index (χ3n) is 2.86. The van der Waals surface area contributed by atoms with Crippen molar-refractivity contribution in [1.82, 2.24) is 9.88 Å². The summed E-state index contributed by atoms with van der Waals surface area (Å²) >= 11 is 0. The summed E-state index contributed by atoms with van der Waals surface area (Å²) in [4.78, 5) is 26.7. The molecular weight excluding hydrogens is 248 g/mol. The van der Waals surface area contributed by atoms with Gasteiger partial charge in [0.1, 0.15) is 0 Å². The number of hydrogen-bond acceptors (Lipinski definition) is 5. The molecule has 0 saturated carbocycles. The highest BCUT2D eigenvalue weighted by molar-refractivity contribution is 5.72. The van der Waals surface area contributed by atoms with Crippen LogP contribution in [0.5, 0.6) is 0 Å². The lowest BCUT2D eigenvalue weighted by molar-refractivity contribution is -0.140. The minimum Gasteiger partial charge on any atom is -0.469 e. The summed E-state index contributed by atoms with van der Waals surface area (Å²) in [5.41, 5.74) is 2.27. The van der Waals surface area contributed by atoms with Gasteiger partial charge < -0.3 is 14.1 Å². The molecule has 0 saturated heterocycles. The van der Waals surface area contributed by atoms with Crippen LogP contribution in [0.1, 0.15) is 12.0 Å². The van der Waals surface area contributed by atoms with Crippen LogP contribution in [0.25, 0.3) is 11.1 Å². The first-order valence-corrected chi connectivity index (χ1v) is 5.95. The maximum absolute atomic E-state index is 11.0. The Hall–Kier alpha value is -2.08. The molecule has 2 rings (SSSR count). The summed E-state index contributed by atoms with van der Waals surface area (Å²) in [5.74, 6) is -0.673. The number of aromatic amines is 1. The van der Waals surface area contributed by atoms with Gasteiger partial charge in [-0.15, -0.1) is 0 Å². The molecule has 0 aliphatic rings. The molecule has 0 spiro atoms. The van der Waals surface area contributed by atoms with Crippen LogP contribution in [0.2, 0.25) is 0 Å². The van der Waals surface area contributed by atoms with Crippen molar-refractivity contribution in [3.63, 3.8) is 0 Å². The first-order valence-electron chi connectivity index (χ1n) is 5.95. The fourth-order valence-corrected chi connectivity index (χ4v) is 1.87. The number of fused-ring (bicyclic) bond motifs is 1. The minimum atomic E-state index is -0.453. The molecule has 1 N–H and O–H groups in total. The van der Waals surface area contributed by atoms with E-state index in [0.29, 0.717) is 30.6 Å². The number of H-pyrrole nitrogens is 1. The molecule has 0 fully saturated rings. The van der Waals surface area contributed by atoms with Crippen molar-refractivity contribution in [2.45, 2.75) is 13.0 Å². The van der Waals surface area contributed by atoms with Crippen molar-refractivity contribution in [3.8, 4) is 0 Å². The predicted molar refractivity (Wildman–Crippen MR) is 69.8 cm³/mol. The largest absolute Gasteiger partial charge is 0.469 e. The van der Waals surface area contributed by atoms with Crippen LogP contribution in [0.3, 0.4) is 0 Å². The van der Waals surface area contributed by atoms with E-state index in [9.17, 15) is 9.59 Å². The van der Waals surface area contributed by atoms with Crippen molar-refractivity contribution in [3.05, 3.63) is 34.3 Å². The first-order chi connectivity index (χ1) is 9.08. The monoisotopic (exact) mass is 264 g/mol. The van der Waals surface area contributed by atoms with Gasteiger partial charge in [-0.25, -0.2) is 4.79 Å². The maximum Gasteiger partial charge on any atom is 0.417 e. The molecule has 102 valence electrons. The van der Waals surface area contributed by atoms with Crippen molar-refractivity contribution < 1.29 is 13.9 Å². The van der Waals surface area contributed by atoms with Gasteiger partial charge in [0.05, 0.1) is 19.0 Å². The van der Waals surface area contributed by atoms with Crippen LogP contribution in [0.15, 0.2) is 27.4 Å². The molecule has 0 unspecified atom stereocenters. The van der Waals surface area contributed by atoms with Crippen LogP contribution in [-0.2, 0) is 16.1 Å². The van der Waals surface area contributed by atoms with Crippen molar-refractivity contribution in [1.29, 1.82) is 0 Å². The number of oxazole rings is 1. The molecule has 0 amide bonds. The number of nitrogens with one attached hydrogen (secondary N) is 1. The highest BCUT2D eigenvalue weighted by Crippen LogP contribution is 2.13. The SMILES string of the molecule is COC(=O)CCN(C)Cc1ccc2oc(=O)[nH]c2c1. The van der Waals surface area contributed by atoms with Crippen molar-refractivity contribution in [2.24, 2.45) is 0 Å². The van der Waals surface area contributed by atoms with Gasteiger partial charge in [-0.1, -0.05) is 6.07 Å². The lowest BCUT2D eigenvalue weighted by Gasteiger charge is -2.15. The summed E-state index contributed by atoms with van der Waals surface area (Å²) in [6, 6.07) is 5.53. The Morgan fingerprint density at radius 1 is 1.47 bits per heavy atom. The number of hydrogen-bond donors (Lipinski definition) is 1. The smallest absolute Gasteiger partial charge is 0.417 e.